The summed E-state index contributed by atoms with van der Waals surface area (Å²) < 4.78 is 16.1. The number of rotatable bonds is 8. The topological polar surface area (TPSA) is 56.8 Å². The Morgan fingerprint density at radius 3 is 2.44 bits per heavy atom. The third kappa shape index (κ3) is 4.89. The molecule has 0 aliphatic rings. The van der Waals surface area contributed by atoms with E-state index in [-0.39, 0.29) is 12.5 Å². The second kappa shape index (κ2) is 8.97. The van der Waals surface area contributed by atoms with E-state index in [1.807, 2.05) is 24.3 Å². The number of methoxy groups -OCH3 is 2. The highest BCUT2D eigenvalue weighted by Gasteiger charge is 2.12. The first-order valence-electron chi connectivity index (χ1n) is 8.32. The number of hydrogen-bond acceptors (Lipinski definition) is 4. The van der Waals surface area contributed by atoms with Gasteiger partial charge in [-0.05, 0) is 36.1 Å². The first-order chi connectivity index (χ1) is 12.1. The molecule has 2 rings (SSSR count). The molecule has 2 aromatic rings. The predicted molar refractivity (Wildman–Crippen MR) is 98.8 cm³/mol. The van der Waals surface area contributed by atoms with Crippen LogP contribution in [0.1, 0.15) is 31.7 Å². The molecule has 2 aromatic carbocycles. The van der Waals surface area contributed by atoms with Gasteiger partial charge in [0.15, 0.2) is 18.1 Å². The van der Waals surface area contributed by atoms with E-state index in [0.717, 1.165) is 17.7 Å². The first kappa shape index (κ1) is 18.6. The summed E-state index contributed by atoms with van der Waals surface area (Å²) in [6, 6.07) is 13.0. The smallest absolute Gasteiger partial charge is 0.262 e. The standard InChI is InChI=1S/C20H25NO4/c1-5-14(2)16-8-6-7-9-17(16)25-13-20(22)21-15-10-11-18(23-3)19(12-15)24-4/h6-12,14H,5,13H2,1-4H3,(H,21,22). The molecule has 0 radical (unpaired) electrons. The van der Waals surface area contributed by atoms with Gasteiger partial charge in [-0.1, -0.05) is 32.0 Å². The molecule has 0 aliphatic carbocycles. The molecule has 0 spiro atoms. The van der Waals surface area contributed by atoms with Crippen molar-refractivity contribution in [2.24, 2.45) is 0 Å². The average Bonchev–Trinajstić information content (AvgIpc) is 2.65. The monoisotopic (exact) mass is 343 g/mol. The van der Waals surface area contributed by atoms with E-state index in [4.69, 9.17) is 14.2 Å². The van der Waals surface area contributed by atoms with Crippen LogP contribution in [0.2, 0.25) is 0 Å². The molecule has 1 N–H and O–H groups in total. The van der Waals surface area contributed by atoms with Gasteiger partial charge in [-0.25, -0.2) is 0 Å². The Balaban J connectivity index is 2.00. The van der Waals surface area contributed by atoms with Gasteiger partial charge in [0.25, 0.3) is 5.91 Å². The molecule has 25 heavy (non-hydrogen) atoms. The summed E-state index contributed by atoms with van der Waals surface area (Å²) in [7, 11) is 3.12. The Morgan fingerprint density at radius 2 is 1.76 bits per heavy atom. The lowest BCUT2D eigenvalue weighted by Gasteiger charge is -2.15. The second-order valence-corrected chi connectivity index (χ2v) is 5.75. The Kier molecular flexibility index (Phi) is 6.69. The molecule has 5 heteroatoms. The van der Waals surface area contributed by atoms with Gasteiger partial charge < -0.3 is 19.5 Å². The van der Waals surface area contributed by atoms with Gasteiger partial charge in [0, 0.05) is 11.8 Å². The summed E-state index contributed by atoms with van der Waals surface area (Å²) in [5.41, 5.74) is 1.74. The number of carbonyl (C=O) groups excluding carboxylic acids is 1. The minimum absolute atomic E-state index is 0.0538. The molecule has 0 bridgehead atoms. The van der Waals surface area contributed by atoms with Gasteiger partial charge in [-0.3, -0.25) is 4.79 Å². The molecule has 1 atom stereocenters. The minimum atomic E-state index is -0.230. The van der Waals surface area contributed by atoms with Gasteiger partial charge >= 0.3 is 0 Å². The zero-order valence-electron chi connectivity index (χ0n) is 15.2. The number of carbonyl (C=O) groups is 1. The Bertz CT molecular complexity index is 715. The van der Waals surface area contributed by atoms with E-state index in [1.165, 1.54) is 0 Å². The van der Waals surface area contributed by atoms with E-state index in [2.05, 4.69) is 19.2 Å². The summed E-state index contributed by atoms with van der Waals surface area (Å²) in [6.45, 7) is 4.22. The van der Waals surface area contributed by atoms with Crippen LogP contribution in [0, 0.1) is 0 Å². The molecule has 5 nitrogen and oxygen atoms in total. The number of para-hydroxylation sites is 1. The molecule has 0 aromatic heterocycles. The van der Waals surface area contributed by atoms with Crippen LogP contribution >= 0.6 is 0 Å². The molecule has 134 valence electrons. The van der Waals surface area contributed by atoms with E-state index < -0.39 is 0 Å². The van der Waals surface area contributed by atoms with E-state index in [9.17, 15) is 4.79 Å². The van der Waals surface area contributed by atoms with Crippen LogP contribution in [0.25, 0.3) is 0 Å². The molecule has 1 amide bonds. The SMILES string of the molecule is CCC(C)c1ccccc1OCC(=O)Nc1ccc(OC)c(OC)c1. The molecule has 0 fully saturated rings. The lowest BCUT2D eigenvalue weighted by atomic mass is 9.98. The number of amides is 1. The quantitative estimate of drug-likeness (QED) is 0.779. The van der Waals surface area contributed by atoms with Gasteiger partial charge in [-0.2, -0.15) is 0 Å². The maximum absolute atomic E-state index is 12.2. The van der Waals surface area contributed by atoms with E-state index >= 15 is 0 Å². The molecule has 0 aliphatic heterocycles. The predicted octanol–water partition coefficient (Wildman–Crippen LogP) is 4.23. The molecular formula is C20H25NO4. The summed E-state index contributed by atoms with van der Waals surface area (Å²) in [4.78, 5) is 12.2. The summed E-state index contributed by atoms with van der Waals surface area (Å²) in [5, 5.41) is 2.80. The van der Waals surface area contributed by atoms with Gasteiger partial charge in [0.1, 0.15) is 5.75 Å². The fourth-order valence-corrected chi connectivity index (χ4v) is 2.49. The zero-order valence-corrected chi connectivity index (χ0v) is 15.2. The zero-order chi connectivity index (χ0) is 18.2. The van der Waals surface area contributed by atoms with Crippen LogP contribution in [0.4, 0.5) is 5.69 Å². The third-order valence-electron chi connectivity index (χ3n) is 4.09. The fraction of sp³-hybridized carbons (Fsp3) is 0.350. The Labute approximate surface area is 148 Å². The number of anilines is 1. The normalized spacial score (nSPS) is 11.5. The van der Waals surface area contributed by atoms with Crippen LogP contribution in [-0.4, -0.2) is 26.7 Å². The highest BCUT2D eigenvalue weighted by atomic mass is 16.5. The highest BCUT2D eigenvalue weighted by Crippen LogP contribution is 2.30. The van der Waals surface area contributed by atoms with Crippen molar-refractivity contribution in [3.05, 3.63) is 48.0 Å². The van der Waals surface area contributed by atoms with Crippen molar-refractivity contribution < 1.29 is 19.0 Å². The average molecular weight is 343 g/mol. The van der Waals surface area contributed by atoms with Crippen LogP contribution in [0.5, 0.6) is 17.2 Å². The maximum atomic E-state index is 12.2. The summed E-state index contributed by atoms with van der Waals surface area (Å²) >= 11 is 0. The Morgan fingerprint density at radius 1 is 1.04 bits per heavy atom. The van der Waals surface area contributed by atoms with Crippen LogP contribution in [0.15, 0.2) is 42.5 Å². The van der Waals surface area contributed by atoms with Crippen molar-refractivity contribution in [3.8, 4) is 17.2 Å². The van der Waals surface area contributed by atoms with Crippen LogP contribution in [0.3, 0.4) is 0 Å². The minimum Gasteiger partial charge on any atom is -0.493 e. The summed E-state index contributed by atoms with van der Waals surface area (Å²) in [6.07, 6.45) is 1.01. The number of nitrogens with one attached hydrogen (secondary N) is 1. The maximum Gasteiger partial charge on any atom is 0.262 e. The second-order valence-electron chi connectivity index (χ2n) is 5.75. The Hall–Kier alpha value is -2.69. The molecule has 1 unspecified atom stereocenters. The van der Waals surface area contributed by atoms with Gasteiger partial charge in [-0.15, -0.1) is 0 Å². The van der Waals surface area contributed by atoms with Crippen molar-refractivity contribution in [1.82, 2.24) is 0 Å². The molecular weight excluding hydrogens is 318 g/mol. The fourth-order valence-electron chi connectivity index (χ4n) is 2.49. The van der Waals surface area contributed by atoms with Crippen molar-refractivity contribution in [1.29, 1.82) is 0 Å². The van der Waals surface area contributed by atoms with E-state index in [1.54, 1.807) is 32.4 Å². The van der Waals surface area contributed by atoms with E-state index in [0.29, 0.717) is 23.1 Å². The van der Waals surface area contributed by atoms with Gasteiger partial charge in [0.05, 0.1) is 14.2 Å². The van der Waals surface area contributed by atoms with Crippen molar-refractivity contribution in [2.75, 3.05) is 26.1 Å². The largest absolute Gasteiger partial charge is 0.493 e. The molecule has 0 saturated heterocycles. The summed E-state index contributed by atoms with van der Waals surface area (Å²) in [5.74, 6) is 2.07. The molecule has 0 heterocycles. The van der Waals surface area contributed by atoms with Crippen molar-refractivity contribution in [2.45, 2.75) is 26.2 Å². The number of ether oxygens (including phenoxy) is 3. The first-order valence-corrected chi connectivity index (χ1v) is 8.32. The lowest BCUT2D eigenvalue weighted by Crippen LogP contribution is -2.20. The van der Waals surface area contributed by atoms with Crippen LogP contribution in [-0.2, 0) is 4.79 Å². The lowest BCUT2D eigenvalue weighted by molar-refractivity contribution is -0.118. The van der Waals surface area contributed by atoms with Crippen LogP contribution < -0.4 is 19.5 Å². The van der Waals surface area contributed by atoms with Gasteiger partial charge in [0.2, 0.25) is 0 Å². The number of hydrogen-bond donors (Lipinski definition) is 1. The van der Waals surface area contributed by atoms with Crippen molar-refractivity contribution >= 4 is 11.6 Å². The third-order valence-corrected chi connectivity index (χ3v) is 4.09. The highest BCUT2D eigenvalue weighted by molar-refractivity contribution is 5.92. The molecule has 0 saturated carbocycles. The van der Waals surface area contributed by atoms with Crippen molar-refractivity contribution in [3.63, 3.8) is 0 Å². The number of benzene rings is 2.